The maximum atomic E-state index is 5.08. The van der Waals surface area contributed by atoms with Crippen molar-refractivity contribution in [2.45, 2.75) is 32.2 Å². The van der Waals surface area contributed by atoms with Crippen LogP contribution in [0.4, 0.5) is 0 Å². The highest BCUT2D eigenvalue weighted by molar-refractivity contribution is 4.99. The van der Waals surface area contributed by atoms with Crippen LogP contribution < -0.4 is 0 Å². The molecule has 0 N–H and O–H groups in total. The number of hydrogen-bond acceptors (Lipinski definition) is 5. The van der Waals surface area contributed by atoms with Gasteiger partial charge in [-0.1, -0.05) is 5.16 Å². The van der Waals surface area contributed by atoms with Gasteiger partial charge >= 0.3 is 0 Å². The summed E-state index contributed by atoms with van der Waals surface area (Å²) in [4.78, 5) is 11.2. The van der Waals surface area contributed by atoms with Crippen molar-refractivity contribution >= 4 is 0 Å². The number of aryl methyl sites for hydroxylation is 2. The van der Waals surface area contributed by atoms with Gasteiger partial charge in [0.15, 0.2) is 5.82 Å². The Labute approximate surface area is 112 Å². The fraction of sp³-hybridized carbons (Fsp3) is 0.615. The van der Waals surface area contributed by atoms with E-state index in [1.807, 2.05) is 26.4 Å². The molecule has 1 saturated heterocycles. The van der Waals surface area contributed by atoms with E-state index in [2.05, 4.69) is 24.6 Å². The van der Waals surface area contributed by atoms with Crippen molar-refractivity contribution < 1.29 is 4.52 Å². The number of rotatable bonds is 3. The second kappa shape index (κ2) is 5.13. The van der Waals surface area contributed by atoms with Gasteiger partial charge in [-0.3, -0.25) is 4.90 Å². The van der Waals surface area contributed by atoms with Gasteiger partial charge < -0.3 is 9.09 Å². The molecular formula is C13H19N5O. The summed E-state index contributed by atoms with van der Waals surface area (Å²) in [6, 6.07) is 0. The van der Waals surface area contributed by atoms with E-state index >= 15 is 0 Å². The molecule has 0 radical (unpaired) electrons. The van der Waals surface area contributed by atoms with E-state index in [1.165, 1.54) is 6.42 Å². The standard InChI is InChI=1S/C13H19N5O/c1-10-15-13(16-19-10)11-4-3-6-18(8-11)9-12-14-5-7-17(12)2/h5,7,11H,3-4,6,8-9H2,1-2H3/t11-/m0/s1. The lowest BCUT2D eigenvalue weighted by molar-refractivity contribution is 0.189. The van der Waals surface area contributed by atoms with Gasteiger partial charge in [0.05, 0.1) is 6.54 Å². The lowest BCUT2D eigenvalue weighted by Gasteiger charge is -2.30. The average molecular weight is 261 g/mol. The van der Waals surface area contributed by atoms with Gasteiger partial charge in [0, 0.05) is 38.8 Å². The van der Waals surface area contributed by atoms with Crippen LogP contribution in [0.3, 0.4) is 0 Å². The molecule has 0 aromatic carbocycles. The molecule has 0 bridgehead atoms. The van der Waals surface area contributed by atoms with Crippen LogP contribution in [-0.2, 0) is 13.6 Å². The molecule has 0 saturated carbocycles. The highest BCUT2D eigenvalue weighted by atomic mass is 16.5. The molecule has 6 nitrogen and oxygen atoms in total. The summed E-state index contributed by atoms with van der Waals surface area (Å²) < 4.78 is 7.15. The molecule has 3 rings (SSSR count). The summed E-state index contributed by atoms with van der Waals surface area (Å²) in [6.07, 6.45) is 6.14. The molecule has 19 heavy (non-hydrogen) atoms. The molecule has 0 unspecified atom stereocenters. The van der Waals surface area contributed by atoms with Crippen molar-refractivity contribution in [1.29, 1.82) is 0 Å². The quantitative estimate of drug-likeness (QED) is 0.837. The first-order valence-corrected chi connectivity index (χ1v) is 6.71. The zero-order chi connectivity index (χ0) is 13.2. The third-order valence-electron chi connectivity index (χ3n) is 3.70. The Morgan fingerprint density at radius 2 is 2.37 bits per heavy atom. The molecule has 1 aliphatic rings. The van der Waals surface area contributed by atoms with Crippen LogP contribution in [0, 0.1) is 6.92 Å². The number of likely N-dealkylation sites (tertiary alicyclic amines) is 1. The first-order chi connectivity index (χ1) is 9.22. The van der Waals surface area contributed by atoms with Gasteiger partial charge in [-0.25, -0.2) is 4.98 Å². The van der Waals surface area contributed by atoms with Gasteiger partial charge in [0.25, 0.3) is 0 Å². The first kappa shape index (κ1) is 12.3. The average Bonchev–Trinajstić information content (AvgIpc) is 3.00. The molecule has 1 atom stereocenters. The van der Waals surface area contributed by atoms with Crippen LogP contribution in [-0.4, -0.2) is 37.7 Å². The first-order valence-electron chi connectivity index (χ1n) is 6.71. The molecule has 0 amide bonds. The summed E-state index contributed by atoms with van der Waals surface area (Å²) in [5.41, 5.74) is 0. The predicted molar refractivity (Wildman–Crippen MR) is 69.5 cm³/mol. The number of nitrogens with zero attached hydrogens (tertiary/aromatic N) is 5. The number of aromatic nitrogens is 4. The molecule has 0 spiro atoms. The van der Waals surface area contributed by atoms with Crippen LogP contribution in [0.25, 0.3) is 0 Å². The summed E-state index contributed by atoms with van der Waals surface area (Å²) in [7, 11) is 2.03. The second-order valence-electron chi connectivity index (χ2n) is 5.20. The number of hydrogen-bond donors (Lipinski definition) is 0. The van der Waals surface area contributed by atoms with E-state index in [1.54, 1.807) is 0 Å². The monoisotopic (exact) mass is 261 g/mol. The Morgan fingerprint density at radius 3 is 3.05 bits per heavy atom. The third-order valence-corrected chi connectivity index (χ3v) is 3.70. The number of imidazole rings is 1. The predicted octanol–water partition coefficient (Wildman–Crippen LogP) is 1.49. The normalized spacial score (nSPS) is 20.8. The highest BCUT2D eigenvalue weighted by Crippen LogP contribution is 2.25. The van der Waals surface area contributed by atoms with Crippen molar-refractivity contribution in [3.63, 3.8) is 0 Å². The van der Waals surface area contributed by atoms with Crippen molar-refractivity contribution in [2.75, 3.05) is 13.1 Å². The van der Waals surface area contributed by atoms with Gasteiger partial charge in [0.1, 0.15) is 5.82 Å². The molecule has 2 aromatic heterocycles. The molecule has 1 aliphatic heterocycles. The maximum Gasteiger partial charge on any atom is 0.223 e. The topological polar surface area (TPSA) is 60.0 Å². The Balaban J connectivity index is 1.66. The Hall–Kier alpha value is -1.69. The van der Waals surface area contributed by atoms with Gasteiger partial charge in [-0.2, -0.15) is 4.98 Å². The molecule has 0 aliphatic carbocycles. The largest absolute Gasteiger partial charge is 0.340 e. The minimum Gasteiger partial charge on any atom is -0.340 e. The van der Waals surface area contributed by atoms with Crippen molar-refractivity contribution in [3.8, 4) is 0 Å². The molecular weight excluding hydrogens is 242 g/mol. The van der Waals surface area contributed by atoms with E-state index in [-0.39, 0.29) is 0 Å². The zero-order valence-corrected chi connectivity index (χ0v) is 11.4. The summed E-state index contributed by atoms with van der Waals surface area (Å²) in [5.74, 6) is 2.98. The van der Waals surface area contributed by atoms with E-state index in [4.69, 9.17) is 4.52 Å². The van der Waals surface area contributed by atoms with Gasteiger partial charge in [-0.05, 0) is 19.4 Å². The van der Waals surface area contributed by atoms with E-state index < -0.39 is 0 Å². The summed E-state index contributed by atoms with van der Waals surface area (Å²) in [6.45, 7) is 4.81. The van der Waals surface area contributed by atoms with Crippen LogP contribution in [0.5, 0.6) is 0 Å². The zero-order valence-electron chi connectivity index (χ0n) is 11.4. The van der Waals surface area contributed by atoms with Crippen LogP contribution in [0.1, 0.15) is 36.3 Å². The molecule has 6 heteroatoms. The molecule has 1 fully saturated rings. The van der Waals surface area contributed by atoms with Gasteiger partial charge in [-0.15, -0.1) is 0 Å². The third kappa shape index (κ3) is 2.68. The minimum atomic E-state index is 0.381. The lowest BCUT2D eigenvalue weighted by atomic mass is 9.97. The summed E-state index contributed by atoms with van der Waals surface area (Å²) >= 11 is 0. The van der Waals surface area contributed by atoms with Crippen LogP contribution >= 0.6 is 0 Å². The fourth-order valence-electron chi connectivity index (χ4n) is 2.64. The van der Waals surface area contributed by atoms with Crippen molar-refractivity contribution in [3.05, 3.63) is 29.9 Å². The Bertz CT molecular complexity index is 547. The smallest absolute Gasteiger partial charge is 0.223 e. The Morgan fingerprint density at radius 1 is 1.47 bits per heavy atom. The Kier molecular flexibility index (Phi) is 3.33. The van der Waals surface area contributed by atoms with Crippen molar-refractivity contribution in [1.82, 2.24) is 24.6 Å². The lowest BCUT2D eigenvalue weighted by Crippen LogP contribution is -2.35. The molecule has 102 valence electrons. The van der Waals surface area contributed by atoms with Crippen molar-refractivity contribution in [2.24, 2.45) is 7.05 Å². The van der Waals surface area contributed by atoms with E-state index in [9.17, 15) is 0 Å². The van der Waals surface area contributed by atoms with Gasteiger partial charge in [0.2, 0.25) is 5.89 Å². The van der Waals surface area contributed by atoms with E-state index in [0.717, 1.165) is 37.7 Å². The van der Waals surface area contributed by atoms with Crippen LogP contribution in [0.15, 0.2) is 16.9 Å². The van der Waals surface area contributed by atoms with E-state index in [0.29, 0.717) is 11.8 Å². The maximum absolute atomic E-state index is 5.08. The minimum absolute atomic E-state index is 0.381. The fourth-order valence-corrected chi connectivity index (χ4v) is 2.64. The number of piperidine rings is 1. The second-order valence-corrected chi connectivity index (χ2v) is 5.20. The highest BCUT2D eigenvalue weighted by Gasteiger charge is 2.25. The summed E-state index contributed by atoms with van der Waals surface area (Å²) in [5, 5.41) is 4.05. The molecule has 2 aromatic rings. The van der Waals surface area contributed by atoms with Crippen LogP contribution in [0.2, 0.25) is 0 Å². The SMILES string of the molecule is Cc1nc([C@H]2CCCN(Cc3nccn3C)C2)no1. The molecule has 3 heterocycles.